The number of likely N-dealkylation sites (N-methyl/N-ethyl adjacent to an activating group) is 1. The van der Waals surface area contributed by atoms with E-state index in [9.17, 15) is 5.11 Å². The van der Waals surface area contributed by atoms with Crippen LogP contribution in [-0.4, -0.2) is 43.2 Å². The third kappa shape index (κ3) is 4.22. The van der Waals surface area contributed by atoms with Crippen molar-refractivity contribution in [2.24, 2.45) is 0 Å². The first-order valence-electron chi connectivity index (χ1n) is 5.74. The fraction of sp³-hybridized carbons (Fsp3) is 0.667. The number of nitrogens with one attached hydrogen (secondary N) is 1. The predicted octanol–water partition coefficient (Wildman–Crippen LogP) is 1.71. The van der Waals surface area contributed by atoms with Crippen LogP contribution in [0.5, 0.6) is 0 Å². The lowest BCUT2D eigenvalue weighted by Gasteiger charge is -2.23. The number of aliphatic hydroxyl groups excluding tert-OH is 1. The van der Waals surface area contributed by atoms with Crippen molar-refractivity contribution in [3.8, 4) is 0 Å². The van der Waals surface area contributed by atoms with E-state index in [-0.39, 0.29) is 12.1 Å². The zero-order chi connectivity index (χ0) is 12.0. The third-order valence-corrected chi connectivity index (χ3v) is 3.56. The molecule has 0 bridgehead atoms. The molecule has 0 aliphatic rings. The van der Waals surface area contributed by atoms with Gasteiger partial charge in [0.25, 0.3) is 0 Å². The fourth-order valence-electron chi connectivity index (χ4n) is 1.61. The molecule has 0 spiro atoms. The van der Waals surface area contributed by atoms with Gasteiger partial charge in [0.05, 0.1) is 0 Å². The quantitative estimate of drug-likeness (QED) is 0.764. The van der Waals surface area contributed by atoms with E-state index in [0.717, 1.165) is 24.4 Å². The van der Waals surface area contributed by atoms with E-state index in [0.29, 0.717) is 0 Å². The SMILES string of the molecule is CCC(NCCN(C)C)C(O)c1cccs1. The lowest BCUT2D eigenvalue weighted by molar-refractivity contribution is 0.128. The molecule has 0 aromatic carbocycles. The molecule has 92 valence electrons. The van der Waals surface area contributed by atoms with Gasteiger partial charge in [-0.1, -0.05) is 13.0 Å². The normalized spacial score (nSPS) is 15.3. The Morgan fingerprint density at radius 2 is 2.25 bits per heavy atom. The first-order valence-corrected chi connectivity index (χ1v) is 6.62. The lowest BCUT2D eigenvalue weighted by Crippen LogP contribution is -2.38. The largest absolute Gasteiger partial charge is 0.386 e. The van der Waals surface area contributed by atoms with Crippen molar-refractivity contribution < 1.29 is 5.11 Å². The van der Waals surface area contributed by atoms with Crippen LogP contribution in [0.15, 0.2) is 17.5 Å². The van der Waals surface area contributed by atoms with Crippen molar-refractivity contribution >= 4 is 11.3 Å². The maximum absolute atomic E-state index is 10.2. The van der Waals surface area contributed by atoms with Gasteiger partial charge in [0.15, 0.2) is 0 Å². The third-order valence-electron chi connectivity index (χ3n) is 2.62. The van der Waals surface area contributed by atoms with Crippen molar-refractivity contribution in [2.45, 2.75) is 25.5 Å². The Kier molecular flexibility index (Phi) is 5.98. The summed E-state index contributed by atoms with van der Waals surface area (Å²) in [7, 11) is 4.11. The van der Waals surface area contributed by atoms with Gasteiger partial charge in [-0.3, -0.25) is 0 Å². The number of rotatable bonds is 7. The summed E-state index contributed by atoms with van der Waals surface area (Å²) in [4.78, 5) is 3.18. The molecular weight excluding hydrogens is 220 g/mol. The summed E-state index contributed by atoms with van der Waals surface area (Å²) in [6, 6.07) is 4.13. The second-order valence-electron chi connectivity index (χ2n) is 4.23. The van der Waals surface area contributed by atoms with Gasteiger partial charge in [0.1, 0.15) is 6.10 Å². The van der Waals surface area contributed by atoms with E-state index >= 15 is 0 Å². The first kappa shape index (κ1) is 13.6. The van der Waals surface area contributed by atoms with E-state index in [4.69, 9.17) is 0 Å². The van der Waals surface area contributed by atoms with Crippen LogP contribution in [0.25, 0.3) is 0 Å². The fourth-order valence-corrected chi connectivity index (χ4v) is 2.39. The molecule has 0 amide bonds. The van der Waals surface area contributed by atoms with E-state index in [1.165, 1.54) is 0 Å². The van der Waals surface area contributed by atoms with Gasteiger partial charge in [-0.15, -0.1) is 11.3 Å². The topological polar surface area (TPSA) is 35.5 Å². The Morgan fingerprint density at radius 1 is 1.50 bits per heavy atom. The highest BCUT2D eigenvalue weighted by Crippen LogP contribution is 2.23. The first-order chi connectivity index (χ1) is 7.65. The number of thiophene rings is 1. The van der Waals surface area contributed by atoms with Crippen molar-refractivity contribution in [3.63, 3.8) is 0 Å². The molecule has 0 aliphatic carbocycles. The van der Waals surface area contributed by atoms with Gasteiger partial charge in [0.2, 0.25) is 0 Å². The highest BCUT2D eigenvalue weighted by molar-refractivity contribution is 7.10. The molecule has 2 unspecified atom stereocenters. The maximum Gasteiger partial charge on any atom is 0.103 e. The molecule has 4 heteroatoms. The molecule has 3 nitrogen and oxygen atoms in total. The summed E-state index contributed by atoms with van der Waals surface area (Å²) in [6.07, 6.45) is 0.555. The molecule has 2 N–H and O–H groups in total. The van der Waals surface area contributed by atoms with Crippen LogP contribution >= 0.6 is 11.3 Å². The Balaban J connectivity index is 2.41. The molecule has 0 radical (unpaired) electrons. The monoisotopic (exact) mass is 242 g/mol. The van der Waals surface area contributed by atoms with Gasteiger partial charge in [0, 0.05) is 24.0 Å². The highest BCUT2D eigenvalue weighted by Gasteiger charge is 2.19. The molecule has 0 aliphatic heterocycles. The second kappa shape index (κ2) is 7.01. The molecule has 0 fully saturated rings. The summed E-state index contributed by atoms with van der Waals surface area (Å²) >= 11 is 1.61. The van der Waals surface area contributed by atoms with Crippen LogP contribution in [-0.2, 0) is 0 Å². The molecule has 2 atom stereocenters. The lowest BCUT2D eigenvalue weighted by atomic mass is 10.1. The summed E-state index contributed by atoms with van der Waals surface area (Å²) < 4.78 is 0. The summed E-state index contributed by atoms with van der Waals surface area (Å²) in [5, 5.41) is 15.6. The van der Waals surface area contributed by atoms with Gasteiger partial charge in [-0.05, 0) is 32.0 Å². The summed E-state index contributed by atoms with van der Waals surface area (Å²) in [5.41, 5.74) is 0. The van der Waals surface area contributed by atoms with Crippen molar-refractivity contribution in [1.82, 2.24) is 10.2 Å². The van der Waals surface area contributed by atoms with E-state index in [2.05, 4.69) is 31.2 Å². The van der Waals surface area contributed by atoms with Gasteiger partial charge in [-0.25, -0.2) is 0 Å². The van der Waals surface area contributed by atoms with Crippen molar-refractivity contribution in [2.75, 3.05) is 27.2 Å². The smallest absolute Gasteiger partial charge is 0.103 e. The molecule has 1 aromatic heterocycles. The molecule has 1 heterocycles. The minimum absolute atomic E-state index is 0.151. The molecule has 0 saturated carbocycles. The summed E-state index contributed by atoms with van der Waals surface area (Å²) in [6.45, 7) is 4.01. The van der Waals surface area contributed by atoms with E-state index < -0.39 is 0 Å². The average Bonchev–Trinajstić information content (AvgIpc) is 2.76. The van der Waals surface area contributed by atoms with Crippen LogP contribution < -0.4 is 5.32 Å². The maximum atomic E-state index is 10.2. The average molecular weight is 242 g/mol. The van der Waals surface area contributed by atoms with Gasteiger partial charge >= 0.3 is 0 Å². The Bertz CT molecular complexity index is 275. The van der Waals surface area contributed by atoms with E-state index in [1.807, 2.05) is 17.5 Å². The van der Waals surface area contributed by atoms with Crippen molar-refractivity contribution in [1.29, 1.82) is 0 Å². The summed E-state index contributed by atoms with van der Waals surface area (Å²) in [5.74, 6) is 0. The van der Waals surface area contributed by atoms with E-state index in [1.54, 1.807) is 11.3 Å². The molecule has 1 aromatic rings. The predicted molar refractivity (Wildman–Crippen MR) is 69.9 cm³/mol. The zero-order valence-electron chi connectivity index (χ0n) is 10.3. The van der Waals surface area contributed by atoms with Crippen LogP contribution in [0.2, 0.25) is 0 Å². The minimum Gasteiger partial charge on any atom is -0.386 e. The molecular formula is C12H22N2OS. The Labute approximate surface area is 102 Å². The van der Waals surface area contributed by atoms with Crippen LogP contribution in [0.1, 0.15) is 24.3 Å². The van der Waals surface area contributed by atoms with Crippen molar-refractivity contribution in [3.05, 3.63) is 22.4 Å². The molecule has 1 rings (SSSR count). The number of aliphatic hydroxyl groups is 1. The zero-order valence-corrected chi connectivity index (χ0v) is 11.1. The molecule has 16 heavy (non-hydrogen) atoms. The highest BCUT2D eigenvalue weighted by atomic mass is 32.1. The van der Waals surface area contributed by atoms with Gasteiger partial charge < -0.3 is 15.3 Å². The standard InChI is InChI=1S/C12H22N2OS/c1-4-10(13-7-8-14(2)3)12(15)11-6-5-9-16-11/h5-6,9-10,12-13,15H,4,7-8H2,1-3H3. The number of hydrogen-bond donors (Lipinski definition) is 2. The van der Waals surface area contributed by atoms with Gasteiger partial charge in [-0.2, -0.15) is 0 Å². The van der Waals surface area contributed by atoms with Crippen LogP contribution in [0, 0.1) is 0 Å². The number of nitrogens with zero attached hydrogens (tertiary/aromatic N) is 1. The van der Waals surface area contributed by atoms with Crippen LogP contribution in [0.3, 0.4) is 0 Å². The Hall–Kier alpha value is -0.420. The minimum atomic E-state index is -0.382. The Morgan fingerprint density at radius 3 is 2.75 bits per heavy atom. The molecule has 0 saturated heterocycles. The number of hydrogen-bond acceptors (Lipinski definition) is 4. The van der Waals surface area contributed by atoms with Crippen LogP contribution in [0.4, 0.5) is 0 Å². The second-order valence-corrected chi connectivity index (χ2v) is 5.21.